The van der Waals surface area contributed by atoms with Crippen molar-refractivity contribution in [3.63, 3.8) is 0 Å². The molecule has 7 nitrogen and oxygen atoms in total. The van der Waals surface area contributed by atoms with E-state index in [4.69, 9.17) is 26.4 Å². The van der Waals surface area contributed by atoms with E-state index < -0.39 is 23.9 Å². The molecule has 3 heterocycles. The van der Waals surface area contributed by atoms with Crippen LogP contribution >= 0.6 is 22.9 Å². The summed E-state index contributed by atoms with van der Waals surface area (Å²) in [6, 6.07) is 14.2. The Morgan fingerprint density at radius 1 is 1.00 bits per heavy atom. The van der Waals surface area contributed by atoms with Gasteiger partial charge in [-0.1, -0.05) is 23.7 Å². The highest BCUT2D eigenvalue weighted by atomic mass is 35.5. The highest BCUT2D eigenvalue weighted by Crippen LogP contribution is 2.45. The van der Waals surface area contributed by atoms with E-state index in [1.54, 1.807) is 18.3 Å². The molecule has 254 valence electrons. The van der Waals surface area contributed by atoms with Crippen LogP contribution in [0.25, 0.3) is 42.8 Å². The third kappa shape index (κ3) is 6.70. The van der Waals surface area contributed by atoms with Gasteiger partial charge in [0.15, 0.2) is 11.6 Å². The molecule has 0 amide bonds. The second kappa shape index (κ2) is 12.7. The predicted octanol–water partition coefficient (Wildman–Crippen LogP) is 9.00. The smallest absolute Gasteiger partial charge is 0.360 e. The summed E-state index contributed by atoms with van der Waals surface area (Å²) in [4.78, 5) is 21.8. The van der Waals surface area contributed by atoms with Gasteiger partial charge in [-0.25, -0.2) is 4.98 Å². The zero-order chi connectivity index (χ0) is 34.7. The van der Waals surface area contributed by atoms with Crippen molar-refractivity contribution in [3.05, 3.63) is 64.7 Å². The van der Waals surface area contributed by atoms with Crippen molar-refractivity contribution >= 4 is 55.7 Å². The highest BCUT2D eigenvalue weighted by Gasteiger charge is 2.41. The molecule has 12 heteroatoms. The Morgan fingerprint density at radius 3 is 2.25 bits per heavy atom. The highest BCUT2D eigenvalue weighted by molar-refractivity contribution is 7.22. The first-order valence-corrected chi connectivity index (χ1v) is 17.1. The van der Waals surface area contributed by atoms with Crippen LogP contribution in [0.1, 0.15) is 51.8 Å². The van der Waals surface area contributed by atoms with Crippen LogP contribution in [0.4, 0.5) is 19.0 Å². The average Bonchev–Trinajstić information content (AvgIpc) is 3.59. The molecule has 0 radical (unpaired) electrons. The van der Waals surface area contributed by atoms with Crippen LogP contribution in [0.2, 0.25) is 5.02 Å². The number of piperazine rings is 1. The largest absolute Gasteiger partial charge is 0.403 e. The molecule has 0 saturated carbocycles. The monoisotopic (exact) mass is 697 g/mol. The molecule has 6 rings (SSSR count). The average molecular weight is 698 g/mol. The third-order valence-electron chi connectivity index (χ3n) is 8.88. The van der Waals surface area contributed by atoms with Crippen LogP contribution in [0, 0.1) is 6.92 Å². The number of alkyl halides is 3. The number of anilines is 1. The van der Waals surface area contributed by atoms with Gasteiger partial charge in [0, 0.05) is 60.3 Å². The molecule has 0 spiro atoms. The number of carbonyl (C=O) groups is 1. The van der Waals surface area contributed by atoms with Crippen molar-refractivity contribution in [2.45, 2.75) is 65.5 Å². The maximum atomic E-state index is 13.4. The van der Waals surface area contributed by atoms with Gasteiger partial charge in [0.1, 0.15) is 17.2 Å². The molecule has 3 aromatic carbocycles. The Labute approximate surface area is 287 Å². The number of halogens is 4. The molecule has 1 aliphatic heterocycles. The Hall–Kier alpha value is -3.51. The van der Waals surface area contributed by atoms with E-state index in [2.05, 4.69) is 11.0 Å². The van der Waals surface area contributed by atoms with Crippen molar-refractivity contribution in [1.82, 2.24) is 19.7 Å². The van der Waals surface area contributed by atoms with E-state index in [1.807, 2.05) is 81.9 Å². The summed E-state index contributed by atoms with van der Waals surface area (Å²) in [5.74, 6) is 0.661. The fraction of sp³-hybridized carbons (Fsp3) is 0.417. The Bertz CT molecular complexity index is 1990. The van der Waals surface area contributed by atoms with Crippen LogP contribution in [0.5, 0.6) is 0 Å². The Balaban J connectivity index is 1.44. The molecular weight excluding hydrogens is 659 g/mol. The van der Waals surface area contributed by atoms with Gasteiger partial charge in [0.25, 0.3) is 0 Å². The predicted molar refractivity (Wildman–Crippen MR) is 188 cm³/mol. The first-order valence-electron chi connectivity index (χ1n) is 15.9. The molecule has 1 saturated heterocycles. The maximum Gasteiger partial charge on any atom is 0.403 e. The van der Waals surface area contributed by atoms with Crippen LogP contribution in [0.3, 0.4) is 0 Å². The minimum Gasteiger partial charge on any atom is -0.360 e. The normalized spacial score (nSPS) is 16.2. The summed E-state index contributed by atoms with van der Waals surface area (Å²) >= 11 is 7.83. The number of carbonyl (C=O) groups excluding carboxylic acids is 1. The van der Waals surface area contributed by atoms with Crippen molar-refractivity contribution < 1.29 is 22.7 Å². The summed E-state index contributed by atoms with van der Waals surface area (Å²) in [6.45, 7) is 12.1. The number of rotatable bonds is 7. The second-order valence-electron chi connectivity index (χ2n) is 13.5. The number of thiazole rings is 1. The third-order valence-corrected chi connectivity index (χ3v) is 10.3. The van der Waals surface area contributed by atoms with Crippen LogP contribution in [0.15, 0.2) is 48.5 Å². The van der Waals surface area contributed by atoms with Gasteiger partial charge in [0.2, 0.25) is 0 Å². The minimum absolute atomic E-state index is 0.0874. The summed E-state index contributed by atoms with van der Waals surface area (Å²) in [5, 5.41) is 7.11. The fourth-order valence-electron chi connectivity index (χ4n) is 6.42. The topological polar surface area (TPSA) is 63.5 Å². The second-order valence-corrected chi connectivity index (χ2v) is 14.9. The van der Waals surface area contributed by atoms with E-state index in [-0.39, 0.29) is 5.78 Å². The number of nitrogens with zero attached hydrogens (tertiary/aromatic N) is 5. The maximum absolute atomic E-state index is 13.4. The van der Waals surface area contributed by atoms with Gasteiger partial charge >= 0.3 is 6.18 Å². The van der Waals surface area contributed by atoms with Crippen molar-refractivity contribution in [3.8, 4) is 21.7 Å². The standard InChI is InChI=1S/C36H39ClF3N5O2S/c1-20-18-27-32(30(23-8-11-25(37)12-9-23)29(20)31(21(2)46)47-35(4,5)6)48-34(41-27)24-10-13-28-26(19-24)33(42-43(28)7)45-16-14-44(15-17-45)22(3)36(38,39)40/h8-13,18-19,22,31H,14-17H2,1-7H3/t22?,31-/m1/s1. The molecule has 0 bridgehead atoms. The zero-order valence-corrected chi connectivity index (χ0v) is 29.6. The van der Waals surface area contributed by atoms with E-state index in [9.17, 15) is 18.0 Å². The summed E-state index contributed by atoms with van der Waals surface area (Å²) in [7, 11) is 1.87. The molecule has 1 fully saturated rings. The van der Waals surface area contributed by atoms with Crippen LogP contribution < -0.4 is 4.90 Å². The minimum atomic E-state index is -4.26. The molecule has 0 N–H and O–H groups in total. The zero-order valence-electron chi connectivity index (χ0n) is 28.1. The number of benzene rings is 3. The number of ether oxygens (including phenoxy) is 1. The van der Waals surface area contributed by atoms with Gasteiger partial charge in [-0.05, 0) is 89.1 Å². The fourth-order valence-corrected chi connectivity index (χ4v) is 7.66. The Kier molecular flexibility index (Phi) is 9.12. The lowest BCUT2D eigenvalue weighted by Gasteiger charge is -2.38. The van der Waals surface area contributed by atoms with Crippen molar-refractivity contribution in [2.75, 3.05) is 31.1 Å². The van der Waals surface area contributed by atoms with Gasteiger partial charge < -0.3 is 9.64 Å². The molecule has 0 aliphatic carbocycles. The van der Waals surface area contributed by atoms with Crippen molar-refractivity contribution in [2.24, 2.45) is 7.05 Å². The number of Topliss-reactive ketones (excluding diaryl/α,β-unsaturated/α-hetero) is 1. The lowest BCUT2D eigenvalue weighted by molar-refractivity contribution is -0.179. The first-order chi connectivity index (χ1) is 22.5. The SMILES string of the molecule is CC(=O)[C@@H](OC(C)(C)C)c1c(C)cc2nc(-c3ccc4c(c3)c(N3CCN(C(C)C(F)(F)F)CC3)nn4C)sc2c1-c1ccc(Cl)cc1. The molecule has 48 heavy (non-hydrogen) atoms. The van der Waals surface area contributed by atoms with Crippen LogP contribution in [-0.2, 0) is 16.6 Å². The van der Waals surface area contributed by atoms with E-state index in [0.717, 1.165) is 59.8 Å². The molecule has 1 unspecified atom stereocenters. The van der Waals surface area contributed by atoms with Gasteiger partial charge in [0.05, 0.1) is 21.3 Å². The van der Waals surface area contributed by atoms with E-state index in [1.165, 1.54) is 11.8 Å². The Morgan fingerprint density at radius 2 is 1.65 bits per heavy atom. The first kappa shape index (κ1) is 34.4. The summed E-state index contributed by atoms with van der Waals surface area (Å²) in [6.07, 6.45) is -5.04. The van der Waals surface area contributed by atoms with Gasteiger partial charge in [-0.2, -0.15) is 18.3 Å². The number of fused-ring (bicyclic) bond motifs is 2. The van der Waals surface area contributed by atoms with Gasteiger partial charge in [-0.15, -0.1) is 11.3 Å². The van der Waals surface area contributed by atoms with E-state index in [0.29, 0.717) is 31.2 Å². The van der Waals surface area contributed by atoms with Crippen molar-refractivity contribution in [1.29, 1.82) is 0 Å². The summed E-state index contributed by atoms with van der Waals surface area (Å²) in [5.41, 5.74) is 5.58. The molecular formula is C36H39ClF3N5O2S. The number of hydrogen-bond acceptors (Lipinski definition) is 7. The number of aromatic nitrogens is 3. The van der Waals surface area contributed by atoms with Gasteiger partial charge in [-0.3, -0.25) is 14.4 Å². The molecule has 2 atom stereocenters. The molecule has 1 aliphatic rings. The molecule has 5 aromatic rings. The lowest BCUT2D eigenvalue weighted by Crippen LogP contribution is -2.53. The lowest BCUT2D eigenvalue weighted by atomic mass is 9.90. The summed E-state index contributed by atoms with van der Waals surface area (Å²) < 4.78 is 49.2. The number of ketones is 1. The quantitative estimate of drug-likeness (QED) is 0.169. The molecule has 2 aromatic heterocycles. The van der Waals surface area contributed by atoms with E-state index >= 15 is 0 Å². The number of hydrogen-bond donors (Lipinski definition) is 0. The van der Waals surface area contributed by atoms with Crippen LogP contribution in [-0.4, -0.2) is 69.4 Å². The number of aryl methyl sites for hydroxylation is 2.